The molecule has 0 bridgehead atoms. The molecule has 0 spiro atoms. The van der Waals surface area contributed by atoms with Crippen molar-refractivity contribution < 1.29 is 14.2 Å². The highest BCUT2D eigenvalue weighted by Crippen LogP contribution is 2.30. The summed E-state index contributed by atoms with van der Waals surface area (Å²) >= 11 is 1.16. The Kier molecular flexibility index (Phi) is 4.29. The SMILES string of the molecule is COc1cc(/C=c2\sc3ncc(-c4cccc(C#N)c4)n3c2=O)cc(F)c1O. The number of halogens is 1. The zero-order valence-electron chi connectivity index (χ0n) is 14.5. The number of nitriles is 1. The highest BCUT2D eigenvalue weighted by Gasteiger charge is 2.14. The molecule has 1 N–H and O–H groups in total. The fraction of sp³-hybridized carbons (Fsp3) is 0.0500. The maximum Gasteiger partial charge on any atom is 0.274 e. The average Bonchev–Trinajstić information content (AvgIpc) is 3.25. The van der Waals surface area contributed by atoms with Crippen LogP contribution in [-0.2, 0) is 0 Å². The number of thiazole rings is 1. The van der Waals surface area contributed by atoms with Gasteiger partial charge in [0.1, 0.15) is 0 Å². The van der Waals surface area contributed by atoms with Crippen LogP contribution in [0.4, 0.5) is 4.39 Å². The third-order valence-corrected chi connectivity index (χ3v) is 5.18. The second-order valence-electron chi connectivity index (χ2n) is 5.92. The lowest BCUT2D eigenvalue weighted by molar-refractivity contribution is 0.357. The number of hydrogen-bond acceptors (Lipinski definition) is 6. The van der Waals surface area contributed by atoms with Crippen LogP contribution in [0.25, 0.3) is 22.3 Å². The minimum atomic E-state index is -0.839. The number of aromatic hydroxyl groups is 1. The molecule has 0 atom stereocenters. The number of ether oxygens (including phenoxy) is 1. The van der Waals surface area contributed by atoms with E-state index in [0.717, 1.165) is 17.4 Å². The average molecular weight is 393 g/mol. The molecule has 28 heavy (non-hydrogen) atoms. The van der Waals surface area contributed by atoms with E-state index in [2.05, 4.69) is 11.1 Å². The molecule has 2 heterocycles. The zero-order valence-corrected chi connectivity index (χ0v) is 15.3. The highest BCUT2D eigenvalue weighted by atomic mass is 32.1. The number of methoxy groups -OCH3 is 1. The van der Waals surface area contributed by atoms with Gasteiger partial charge in [0.2, 0.25) is 0 Å². The Balaban J connectivity index is 1.90. The fourth-order valence-corrected chi connectivity index (χ4v) is 3.83. The molecular weight excluding hydrogens is 381 g/mol. The minimum Gasteiger partial charge on any atom is -0.502 e. The maximum absolute atomic E-state index is 13.9. The van der Waals surface area contributed by atoms with Gasteiger partial charge in [-0.3, -0.25) is 4.79 Å². The topological polar surface area (TPSA) is 87.6 Å². The molecule has 0 aliphatic heterocycles. The smallest absolute Gasteiger partial charge is 0.274 e. The van der Waals surface area contributed by atoms with Crippen molar-refractivity contribution in [3.8, 4) is 28.8 Å². The van der Waals surface area contributed by atoms with Gasteiger partial charge in [0.25, 0.3) is 5.56 Å². The molecule has 0 fully saturated rings. The highest BCUT2D eigenvalue weighted by molar-refractivity contribution is 7.15. The van der Waals surface area contributed by atoms with Crippen molar-refractivity contribution in [1.29, 1.82) is 5.26 Å². The molecule has 0 saturated heterocycles. The lowest BCUT2D eigenvalue weighted by Crippen LogP contribution is -2.23. The first-order chi connectivity index (χ1) is 13.5. The molecule has 0 amide bonds. The molecule has 2 aromatic heterocycles. The third-order valence-electron chi connectivity index (χ3n) is 4.20. The molecule has 0 aliphatic carbocycles. The summed E-state index contributed by atoms with van der Waals surface area (Å²) in [6.45, 7) is 0. The molecule has 0 radical (unpaired) electrons. The Morgan fingerprint density at radius 3 is 2.93 bits per heavy atom. The predicted octanol–water partition coefficient (Wildman–Crippen LogP) is 2.70. The first kappa shape index (κ1) is 17.7. The Morgan fingerprint density at radius 2 is 2.18 bits per heavy atom. The van der Waals surface area contributed by atoms with Crippen LogP contribution in [-0.4, -0.2) is 21.6 Å². The van der Waals surface area contributed by atoms with Gasteiger partial charge in [-0.1, -0.05) is 23.5 Å². The van der Waals surface area contributed by atoms with E-state index in [9.17, 15) is 14.3 Å². The largest absolute Gasteiger partial charge is 0.502 e. The summed E-state index contributed by atoms with van der Waals surface area (Å²) < 4.78 is 20.6. The van der Waals surface area contributed by atoms with Crippen LogP contribution in [0.15, 0.2) is 47.4 Å². The van der Waals surface area contributed by atoms with Crippen LogP contribution < -0.4 is 14.8 Å². The Bertz CT molecular complexity index is 1370. The van der Waals surface area contributed by atoms with Crippen LogP contribution in [0.2, 0.25) is 0 Å². The number of rotatable bonds is 3. The van der Waals surface area contributed by atoms with E-state index in [0.29, 0.717) is 31.9 Å². The van der Waals surface area contributed by atoms with Gasteiger partial charge in [-0.15, -0.1) is 0 Å². The minimum absolute atomic E-state index is 0.0194. The summed E-state index contributed by atoms with van der Waals surface area (Å²) in [7, 11) is 1.32. The quantitative estimate of drug-likeness (QED) is 0.578. The van der Waals surface area contributed by atoms with E-state index >= 15 is 0 Å². The number of imidazole rings is 1. The number of benzene rings is 2. The van der Waals surface area contributed by atoms with Gasteiger partial charge < -0.3 is 9.84 Å². The summed E-state index contributed by atoms with van der Waals surface area (Å²) in [5.74, 6) is -1.44. The molecule has 4 aromatic rings. The van der Waals surface area contributed by atoms with Crippen molar-refractivity contribution in [3.05, 3.63) is 74.4 Å². The van der Waals surface area contributed by atoms with Gasteiger partial charge in [0.15, 0.2) is 22.3 Å². The first-order valence-corrected chi connectivity index (χ1v) is 8.92. The maximum atomic E-state index is 13.9. The van der Waals surface area contributed by atoms with E-state index in [-0.39, 0.29) is 11.3 Å². The normalized spacial score (nSPS) is 11.7. The van der Waals surface area contributed by atoms with Crippen molar-refractivity contribution in [3.63, 3.8) is 0 Å². The Hall–Kier alpha value is -3.70. The first-order valence-electron chi connectivity index (χ1n) is 8.11. The summed E-state index contributed by atoms with van der Waals surface area (Å²) in [5, 5.41) is 18.7. The molecule has 6 nitrogen and oxygen atoms in total. The summed E-state index contributed by atoms with van der Waals surface area (Å²) in [6.07, 6.45) is 3.10. The van der Waals surface area contributed by atoms with Gasteiger partial charge in [-0.25, -0.2) is 13.8 Å². The van der Waals surface area contributed by atoms with Crippen LogP contribution >= 0.6 is 11.3 Å². The monoisotopic (exact) mass is 393 g/mol. The van der Waals surface area contributed by atoms with Crippen molar-refractivity contribution in [2.45, 2.75) is 0 Å². The number of fused-ring (bicyclic) bond motifs is 1. The van der Waals surface area contributed by atoms with Gasteiger partial charge >= 0.3 is 0 Å². The lowest BCUT2D eigenvalue weighted by Gasteiger charge is -2.04. The lowest BCUT2D eigenvalue weighted by atomic mass is 10.1. The van der Waals surface area contributed by atoms with E-state index in [1.165, 1.54) is 23.7 Å². The molecule has 4 rings (SSSR count). The Morgan fingerprint density at radius 1 is 1.36 bits per heavy atom. The molecule has 0 saturated carbocycles. The number of phenols is 1. The molecule has 138 valence electrons. The molecule has 8 heteroatoms. The standard InChI is InChI=1S/C20H12FN3O3S/c1-27-16-7-12(6-14(21)18(16)25)8-17-19(26)24-15(10-23-20(24)28-17)13-4-2-3-11(5-13)9-22/h2-8,10,25H,1H3/b17-8-. The Labute approximate surface area is 162 Å². The zero-order chi connectivity index (χ0) is 19.8. The molecule has 2 aromatic carbocycles. The number of aromatic nitrogens is 2. The van der Waals surface area contributed by atoms with E-state index in [1.807, 2.05) is 0 Å². The van der Waals surface area contributed by atoms with Crippen molar-refractivity contribution in [1.82, 2.24) is 9.38 Å². The third kappa shape index (κ3) is 2.88. The summed E-state index contributed by atoms with van der Waals surface area (Å²) in [5.41, 5.74) is 1.82. The molecule has 0 unspecified atom stereocenters. The van der Waals surface area contributed by atoms with Gasteiger partial charge in [-0.2, -0.15) is 5.26 Å². The number of nitrogens with zero attached hydrogens (tertiary/aromatic N) is 3. The summed E-state index contributed by atoms with van der Waals surface area (Å²) in [4.78, 5) is 17.7. The van der Waals surface area contributed by atoms with Crippen molar-refractivity contribution >= 4 is 22.4 Å². The van der Waals surface area contributed by atoms with Crippen LogP contribution in [0, 0.1) is 17.1 Å². The second kappa shape index (κ2) is 6.79. The van der Waals surface area contributed by atoms with Crippen LogP contribution in [0.3, 0.4) is 0 Å². The van der Waals surface area contributed by atoms with Crippen LogP contribution in [0.5, 0.6) is 11.5 Å². The van der Waals surface area contributed by atoms with E-state index in [1.54, 1.807) is 30.5 Å². The fourth-order valence-electron chi connectivity index (χ4n) is 2.88. The predicted molar refractivity (Wildman–Crippen MR) is 103 cm³/mol. The second-order valence-corrected chi connectivity index (χ2v) is 6.93. The number of phenolic OH excluding ortho intramolecular Hbond substituents is 1. The van der Waals surface area contributed by atoms with Crippen LogP contribution in [0.1, 0.15) is 11.1 Å². The number of hydrogen-bond donors (Lipinski definition) is 1. The molecule has 0 aliphatic rings. The van der Waals surface area contributed by atoms with E-state index < -0.39 is 11.6 Å². The van der Waals surface area contributed by atoms with Gasteiger partial charge in [-0.05, 0) is 35.9 Å². The van der Waals surface area contributed by atoms with E-state index in [4.69, 9.17) is 10.00 Å². The van der Waals surface area contributed by atoms with Gasteiger partial charge in [0, 0.05) is 5.56 Å². The molecular formula is C20H12FN3O3S. The van der Waals surface area contributed by atoms with Gasteiger partial charge in [0.05, 0.1) is 35.2 Å². The van der Waals surface area contributed by atoms with Crippen molar-refractivity contribution in [2.24, 2.45) is 0 Å². The summed E-state index contributed by atoms with van der Waals surface area (Å²) in [6, 6.07) is 11.5. The van der Waals surface area contributed by atoms with Crippen molar-refractivity contribution in [2.75, 3.05) is 7.11 Å².